The number of benzene rings is 1. The second kappa shape index (κ2) is 5.90. The van der Waals surface area contributed by atoms with E-state index in [0.29, 0.717) is 16.2 Å². The molecule has 0 unspecified atom stereocenters. The van der Waals surface area contributed by atoms with E-state index in [1.165, 1.54) is 23.8 Å². The van der Waals surface area contributed by atoms with Crippen molar-refractivity contribution in [1.82, 2.24) is 15.2 Å². The van der Waals surface area contributed by atoms with E-state index in [1.807, 2.05) is 0 Å². The van der Waals surface area contributed by atoms with Crippen molar-refractivity contribution < 1.29 is 18.7 Å². The highest BCUT2D eigenvalue weighted by atomic mass is 32.1. The third-order valence-electron chi connectivity index (χ3n) is 2.67. The second-order valence-electron chi connectivity index (χ2n) is 4.29. The molecular formula is C13H10N4O4S. The molecular weight excluding hydrogens is 308 g/mol. The number of esters is 1. The number of fused-ring (bicyclic) bond motifs is 1. The van der Waals surface area contributed by atoms with Crippen molar-refractivity contribution in [2.45, 2.75) is 6.92 Å². The van der Waals surface area contributed by atoms with Gasteiger partial charge in [-0.15, -0.1) is 10.2 Å². The predicted octanol–water partition coefficient (Wildman–Crippen LogP) is 1.78. The first-order chi connectivity index (χ1) is 10.6. The molecule has 8 nitrogen and oxygen atoms in total. The van der Waals surface area contributed by atoms with Crippen molar-refractivity contribution in [3.8, 4) is 0 Å². The monoisotopic (exact) mass is 318 g/mol. The van der Waals surface area contributed by atoms with Crippen LogP contribution < -0.4 is 5.32 Å². The van der Waals surface area contributed by atoms with Crippen LogP contribution >= 0.6 is 11.3 Å². The fourth-order valence-corrected chi connectivity index (χ4v) is 2.31. The van der Waals surface area contributed by atoms with Gasteiger partial charge in [0.1, 0.15) is 10.5 Å². The van der Waals surface area contributed by atoms with Gasteiger partial charge in [0.25, 0.3) is 5.91 Å². The van der Waals surface area contributed by atoms with Crippen LogP contribution in [0.3, 0.4) is 0 Å². The Bertz CT molecular complexity index is 841. The maximum absolute atomic E-state index is 11.9. The summed E-state index contributed by atoms with van der Waals surface area (Å²) in [6, 6.07) is 4.70. The minimum Gasteiger partial charge on any atom is -0.452 e. The van der Waals surface area contributed by atoms with Crippen molar-refractivity contribution in [3.63, 3.8) is 0 Å². The summed E-state index contributed by atoms with van der Waals surface area (Å²) in [5.74, 6) is -1.10. The van der Waals surface area contributed by atoms with Gasteiger partial charge in [-0.3, -0.25) is 10.1 Å². The highest BCUT2D eigenvalue weighted by Gasteiger charge is 2.13. The fourth-order valence-electron chi connectivity index (χ4n) is 1.70. The molecule has 0 bridgehead atoms. The van der Waals surface area contributed by atoms with E-state index in [9.17, 15) is 9.59 Å². The van der Waals surface area contributed by atoms with Gasteiger partial charge >= 0.3 is 5.97 Å². The molecule has 0 aliphatic rings. The van der Waals surface area contributed by atoms with Crippen molar-refractivity contribution in [2.75, 3.05) is 11.9 Å². The summed E-state index contributed by atoms with van der Waals surface area (Å²) >= 11 is 1.24. The summed E-state index contributed by atoms with van der Waals surface area (Å²) in [6.45, 7) is 1.36. The lowest BCUT2D eigenvalue weighted by atomic mass is 10.2. The number of amides is 1. The Hall–Kier alpha value is -2.81. The average Bonchev–Trinajstić information content (AvgIpc) is 3.12. The Labute approximate surface area is 128 Å². The largest absolute Gasteiger partial charge is 0.452 e. The van der Waals surface area contributed by atoms with Crippen LogP contribution in [0, 0.1) is 6.92 Å². The summed E-state index contributed by atoms with van der Waals surface area (Å²) in [4.78, 5) is 27.5. The molecule has 2 aromatic heterocycles. The molecule has 1 N–H and O–H groups in total. The van der Waals surface area contributed by atoms with Crippen molar-refractivity contribution in [2.24, 2.45) is 0 Å². The van der Waals surface area contributed by atoms with E-state index in [0.717, 1.165) is 5.01 Å². The number of nitrogens with zero attached hydrogens (tertiary/aromatic N) is 3. The first kappa shape index (κ1) is 14.1. The summed E-state index contributed by atoms with van der Waals surface area (Å²) in [5, 5.41) is 11.1. The summed E-state index contributed by atoms with van der Waals surface area (Å²) in [6.07, 6.45) is 1.29. The topological polar surface area (TPSA) is 107 Å². The van der Waals surface area contributed by atoms with Crippen molar-refractivity contribution in [1.29, 1.82) is 0 Å². The quantitative estimate of drug-likeness (QED) is 0.730. The van der Waals surface area contributed by atoms with Crippen LogP contribution in [0.5, 0.6) is 0 Å². The number of hydrogen-bond acceptors (Lipinski definition) is 8. The molecule has 112 valence electrons. The molecule has 0 aliphatic heterocycles. The van der Waals surface area contributed by atoms with Crippen LogP contribution in [0.4, 0.5) is 5.13 Å². The Morgan fingerprint density at radius 1 is 1.36 bits per heavy atom. The van der Waals surface area contributed by atoms with Crippen LogP contribution in [0.25, 0.3) is 11.1 Å². The Balaban J connectivity index is 1.58. The van der Waals surface area contributed by atoms with E-state index in [-0.39, 0.29) is 5.56 Å². The molecule has 1 amide bonds. The van der Waals surface area contributed by atoms with Gasteiger partial charge in [0, 0.05) is 0 Å². The average molecular weight is 318 g/mol. The lowest BCUT2D eigenvalue weighted by molar-refractivity contribution is -0.119. The number of carbonyl (C=O) groups is 2. The number of aryl methyl sites for hydroxylation is 1. The Morgan fingerprint density at radius 3 is 3.00 bits per heavy atom. The van der Waals surface area contributed by atoms with Gasteiger partial charge in [0.05, 0.1) is 5.56 Å². The van der Waals surface area contributed by atoms with Crippen molar-refractivity contribution in [3.05, 3.63) is 35.2 Å². The van der Waals surface area contributed by atoms with Crippen LogP contribution in [0.15, 0.2) is 29.0 Å². The number of carbonyl (C=O) groups excluding carboxylic acids is 2. The van der Waals surface area contributed by atoms with Crippen LogP contribution in [-0.4, -0.2) is 33.7 Å². The first-order valence-corrected chi connectivity index (χ1v) is 7.04. The van der Waals surface area contributed by atoms with Crippen LogP contribution in [-0.2, 0) is 9.53 Å². The van der Waals surface area contributed by atoms with E-state index in [4.69, 9.17) is 9.15 Å². The Morgan fingerprint density at radius 2 is 2.23 bits per heavy atom. The zero-order valence-electron chi connectivity index (χ0n) is 11.4. The molecule has 22 heavy (non-hydrogen) atoms. The molecule has 3 rings (SSSR count). The van der Waals surface area contributed by atoms with Gasteiger partial charge in [0.2, 0.25) is 5.13 Å². The lowest BCUT2D eigenvalue weighted by Gasteiger charge is -2.04. The maximum atomic E-state index is 11.9. The number of hydrogen-bond donors (Lipinski definition) is 1. The molecule has 1 aromatic carbocycles. The highest BCUT2D eigenvalue weighted by Crippen LogP contribution is 2.15. The van der Waals surface area contributed by atoms with Crippen LogP contribution in [0.2, 0.25) is 0 Å². The fraction of sp³-hybridized carbons (Fsp3) is 0.154. The summed E-state index contributed by atoms with van der Waals surface area (Å²) in [5.41, 5.74) is 1.40. The van der Waals surface area contributed by atoms with Gasteiger partial charge in [0.15, 0.2) is 18.6 Å². The number of ether oxygens (including phenoxy) is 1. The molecule has 0 radical (unpaired) electrons. The summed E-state index contributed by atoms with van der Waals surface area (Å²) < 4.78 is 10.0. The van der Waals surface area contributed by atoms with Crippen LogP contribution in [0.1, 0.15) is 15.4 Å². The van der Waals surface area contributed by atoms with E-state index in [2.05, 4.69) is 20.5 Å². The van der Waals surface area contributed by atoms with E-state index in [1.54, 1.807) is 19.1 Å². The molecule has 9 heteroatoms. The van der Waals surface area contributed by atoms with E-state index >= 15 is 0 Å². The minimum absolute atomic E-state index is 0.281. The predicted molar refractivity (Wildman–Crippen MR) is 77.6 cm³/mol. The van der Waals surface area contributed by atoms with Gasteiger partial charge in [-0.25, -0.2) is 9.78 Å². The first-order valence-electron chi connectivity index (χ1n) is 6.22. The molecule has 2 heterocycles. The molecule has 0 fully saturated rings. The number of aromatic nitrogens is 3. The number of nitrogens with one attached hydrogen (secondary N) is 1. The Kier molecular flexibility index (Phi) is 3.79. The van der Waals surface area contributed by atoms with Crippen molar-refractivity contribution >= 4 is 39.4 Å². The molecule has 0 saturated heterocycles. The molecule has 0 atom stereocenters. The van der Waals surface area contributed by atoms with E-state index < -0.39 is 18.5 Å². The highest BCUT2D eigenvalue weighted by molar-refractivity contribution is 7.15. The zero-order valence-corrected chi connectivity index (χ0v) is 12.2. The molecule has 0 spiro atoms. The SMILES string of the molecule is Cc1nnc(NC(=O)COC(=O)c2ccc3ncoc3c2)s1. The third kappa shape index (κ3) is 3.09. The molecule has 0 saturated carbocycles. The van der Waals surface area contributed by atoms with Gasteiger partial charge in [-0.2, -0.15) is 0 Å². The lowest BCUT2D eigenvalue weighted by Crippen LogP contribution is -2.20. The van der Waals surface area contributed by atoms with Gasteiger partial charge < -0.3 is 9.15 Å². The van der Waals surface area contributed by atoms with Gasteiger partial charge in [-0.1, -0.05) is 11.3 Å². The summed E-state index contributed by atoms with van der Waals surface area (Å²) in [7, 11) is 0. The zero-order chi connectivity index (χ0) is 15.5. The molecule has 0 aliphatic carbocycles. The minimum atomic E-state index is -0.623. The number of oxazole rings is 1. The smallest absolute Gasteiger partial charge is 0.338 e. The third-order valence-corrected chi connectivity index (χ3v) is 3.43. The number of rotatable bonds is 4. The van der Waals surface area contributed by atoms with Gasteiger partial charge in [-0.05, 0) is 25.1 Å². The normalized spacial score (nSPS) is 10.6. The maximum Gasteiger partial charge on any atom is 0.338 e. The molecule has 3 aromatic rings. The second-order valence-corrected chi connectivity index (χ2v) is 5.47. The number of anilines is 1. The standard InChI is InChI=1S/C13H10N4O4S/c1-7-16-17-13(22-7)15-11(18)5-20-12(19)8-2-3-9-10(4-8)21-6-14-9/h2-4,6H,5H2,1H3,(H,15,17,18).